The standard InChI is InChI=1S/C10H22N2O/c1-2-9(13)6-7-5-8(11)3-4-10(7)12/h7-10,13H,2-6,11-12H2,1H3. The van der Waals surface area contributed by atoms with Crippen LogP contribution in [-0.2, 0) is 0 Å². The molecule has 4 unspecified atom stereocenters. The summed E-state index contributed by atoms with van der Waals surface area (Å²) in [7, 11) is 0. The van der Waals surface area contributed by atoms with Crippen LogP contribution in [0.2, 0.25) is 0 Å². The summed E-state index contributed by atoms with van der Waals surface area (Å²) < 4.78 is 0. The Morgan fingerprint density at radius 2 is 2.08 bits per heavy atom. The van der Waals surface area contributed by atoms with Crippen molar-refractivity contribution < 1.29 is 5.11 Å². The Labute approximate surface area is 80.5 Å². The van der Waals surface area contributed by atoms with Crippen molar-refractivity contribution in [2.75, 3.05) is 0 Å². The van der Waals surface area contributed by atoms with Crippen LogP contribution in [0.1, 0.15) is 39.0 Å². The Hall–Kier alpha value is -0.120. The summed E-state index contributed by atoms with van der Waals surface area (Å²) in [6, 6.07) is 0.551. The lowest BCUT2D eigenvalue weighted by molar-refractivity contribution is 0.115. The summed E-state index contributed by atoms with van der Waals surface area (Å²) in [6.07, 6.45) is 4.49. The van der Waals surface area contributed by atoms with Crippen molar-refractivity contribution in [1.82, 2.24) is 0 Å². The van der Waals surface area contributed by atoms with Crippen molar-refractivity contribution in [1.29, 1.82) is 0 Å². The molecule has 0 amide bonds. The summed E-state index contributed by atoms with van der Waals surface area (Å²) in [4.78, 5) is 0. The van der Waals surface area contributed by atoms with Crippen molar-refractivity contribution in [2.24, 2.45) is 17.4 Å². The van der Waals surface area contributed by atoms with Crippen LogP contribution in [0.5, 0.6) is 0 Å². The largest absolute Gasteiger partial charge is 0.393 e. The van der Waals surface area contributed by atoms with Crippen LogP contribution in [0.25, 0.3) is 0 Å². The second kappa shape index (κ2) is 4.94. The van der Waals surface area contributed by atoms with Crippen LogP contribution in [0.4, 0.5) is 0 Å². The summed E-state index contributed by atoms with van der Waals surface area (Å²) >= 11 is 0. The number of aliphatic hydroxyl groups excluding tert-OH is 1. The van der Waals surface area contributed by atoms with Gasteiger partial charge in [-0.25, -0.2) is 0 Å². The van der Waals surface area contributed by atoms with Gasteiger partial charge in [0, 0.05) is 12.1 Å². The lowest BCUT2D eigenvalue weighted by atomic mass is 9.79. The molecule has 5 N–H and O–H groups in total. The topological polar surface area (TPSA) is 72.3 Å². The van der Waals surface area contributed by atoms with Gasteiger partial charge in [0.15, 0.2) is 0 Å². The minimum atomic E-state index is -0.193. The first-order valence-electron chi connectivity index (χ1n) is 5.32. The van der Waals surface area contributed by atoms with E-state index in [0.29, 0.717) is 12.0 Å². The molecule has 0 spiro atoms. The van der Waals surface area contributed by atoms with E-state index in [-0.39, 0.29) is 12.1 Å². The zero-order valence-corrected chi connectivity index (χ0v) is 8.45. The molecule has 13 heavy (non-hydrogen) atoms. The molecule has 0 radical (unpaired) electrons. The summed E-state index contributed by atoms with van der Waals surface area (Å²) in [5.74, 6) is 0.429. The van der Waals surface area contributed by atoms with E-state index in [4.69, 9.17) is 11.5 Å². The first-order valence-corrected chi connectivity index (χ1v) is 5.32. The minimum Gasteiger partial charge on any atom is -0.393 e. The van der Waals surface area contributed by atoms with E-state index in [1.54, 1.807) is 0 Å². The molecule has 3 heteroatoms. The Kier molecular flexibility index (Phi) is 4.16. The lowest BCUT2D eigenvalue weighted by Gasteiger charge is -2.33. The molecule has 1 saturated carbocycles. The molecule has 1 fully saturated rings. The number of aliphatic hydroxyl groups is 1. The second-order valence-electron chi connectivity index (χ2n) is 4.29. The minimum absolute atomic E-state index is 0.193. The van der Waals surface area contributed by atoms with Crippen molar-refractivity contribution >= 4 is 0 Å². The Morgan fingerprint density at radius 3 is 2.69 bits per heavy atom. The molecule has 0 saturated heterocycles. The molecule has 1 rings (SSSR count). The molecule has 0 aromatic heterocycles. The third-order valence-electron chi connectivity index (χ3n) is 3.13. The molecule has 1 aliphatic rings. The quantitative estimate of drug-likeness (QED) is 0.604. The number of rotatable bonds is 3. The fourth-order valence-corrected chi connectivity index (χ4v) is 2.11. The van der Waals surface area contributed by atoms with Crippen molar-refractivity contribution in [3.63, 3.8) is 0 Å². The van der Waals surface area contributed by atoms with Gasteiger partial charge in [0.05, 0.1) is 6.10 Å². The predicted octanol–water partition coefficient (Wildman–Crippen LogP) is 0.602. The Bertz CT molecular complexity index is 152. The SMILES string of the molecule is CCC(O)CC1CC(N)CCC1N. The summed E-state index contributed by atoms with van der Waals surface area (Å²) in [5, 5.41) is 9.52. The molecule has 4 atom stereocenters. The number of hydrogen-bond donors (Lipinski definition) is 3. The molecule has 0 heterocycles. The maximum absolute atomic E-state index is 9.52. The molecule has 0 aromatic carbocycles. The summed E-state index contributed by atoms with van der Waals surface area (Å²) in [5.41, 5.74) is 11.8. The van der Waals surface area contributed by atoms with Crippen LogP contribution in [0, 0.1) is 5.92 Å². The zero-order valence-electron chi connectivity index (χ0n) is 8.45. The Balaban J connectivity index is 2.37. The smallest absolute Gasteiger partial charge is 0.0540 e. The molecule has 3 nitrogen and oxygen atoms in total. The van der Waals surface area contributed by atoms with Crippen LogP contribution in [-0.4, -0.2) is 23.3 Å². The fourth-order valence-electron chi connectivity index (χ4n) is 2.11. The molecular formula is C10H22N2O. The van der Waals surface area contributed by atoms with Gasteiger partial charge in [-0.2, -0.15) is 0 Å². The molecule has 1 aliphatic carbocycles. The van der Waals surface area contributed by atoms with Crippen molar-refractivity contribution in [3.8, 4) is 0 Å². The van der Waals surface area contributed by atoms with Gasteiger partial charge in [0.25, 0.3) is 0 Å². The van der Waals surface area contributed by atoms with Crippen LogP contribution in [0.3, 0.4) is 0 Å². The predicted molar refractivity (Wildman–Crippen MR) is 54.2 cm³/mol. The van der Waals surface area contributed by atoms with Gasteiger partial charge in [-0.3, -0.25) is 0 Å². The molecular weight excluding hydrogens is 164 g/mol. The maximum Gasteiger partial charge on any atom is 0.0540 e. The average molecular weight is 186 g/mol. The highest BCUT2D eigenvalue weighted by molar-refractivity contribution is 4.85. The summed E-state index contributed by atoms with van der Waals surface area (Å²) in [6.45, 7) is 2.00. The number of nitrogens with two attached hydrogens (primary N) is 2. The highest BCUT2D eigenvalue weighted by atomic mass is 16.3. The third-order valence-corrected chi connectivity index (χ3v) is 3.13. The van der Waals surface area contributed by atoms with Gasteiger partial charge in [-0.15, -0.1) is 0 Å². The second-order valence-corrected chi connectivity index (χ2v) is 4.29. The zero-order chi connectivity index (χ0) is 9.84. The number of hydrogen-bond acceptors (Lipinski definition) is 3. The van der Waals surface area contributed by atoms with E-state index >= 15 is 0 Å². The van der Waals surface area contributed by atoms with E-state index in [1.165, 1.54) is 0 Å². The molecule has 78 valence electrons. The van der Waals surface area contributed by atoms with E-state index < -0.39 is 0 Å². The fraction of sp³-hybridized carbons (Fsp3) is 1.00. The van der Waals surface area contributed by atoms with Gasteiger partial charge in [0.1, 0.15) is 0 Å². The van der Waals surface area contributed by atoms with Gasteiger partial charge in [0.2, 0.25) is 0 Å². The average Bonchev–Trinajstić information content (AvgIpc) is 2.11. The van der Waals surface area contributed by atoms with Crippen LogP contribution < -0.4 is 11.5 Å². The maximum atomic E-state index is 9.52. The molecule has 0 aliphatic heterocycles. The Morgan fingerprint density at radius 1 is 1.38 bits per heavy atom. The van der Waals surface area contributed by atoms with E-state index in [0.717, 1.165) is 32.1 Å². The molecule has 0 bridgehead atoms. The normalized spacial score (nSPS) is 37.4. The highest BCUT2D eigenvalue weighted by Gasteiger charge is 2.27. The van der Waals surface area contributed by atoms with E-state index in [2.05, 4.69) is 0 Å². The first kappa shape index (κ1) is 11.0. The lowest BCUT2D eigenvalue weighted by Crippen LogP contribution is -2.42. The monoisotopic (exact) mass is 186 g/mol. The van der Waals surface area contributed by atoms with Gasteiger partial charge in [-0.1, -0.05) is 6.92 Å². The van der Waals surface area contributed by atoms with Crippen LogP contribution in [0.15, 0.2) is 0 Å². The third kappa shape index (κ3) is 3.25. The van der Waals surface area contributed by atoms with Crippen molar-refractivity contribution in [3.05, 3.63) is 0 Å². The van der Waals surface area contributed by atoms with E-state index in [9.17, 15) is 5.11 Å². The van der Waals surface area contributed by atoms with Gasteiger partial charge < -0.3 is 16.6 Å². The van der Waals surface area contributed by atoms with Crippen molar-refractivity contribution in [2.45, 2.75) is 57.2 Å². The first-order chi connectivity index (χ1) is 6.13. The van der Waals surface area contributed by atoms with Gasteiger partial charge >= 0.3 is 0 Å². The highest BCUT2D eigenvalue weighted by Crippen LogP contribution is 2.26. The van der Waals surface area contributed by atoms with Crippen LogP contribution >= 0.6 is 0 Å². The van der Waals surface area contributed by atoms with E-state index in [1.807, 2.05) is 6.92 Å². The van der Waals surface area contributed by atoms with Gasteiger partial charge in [-0.05, 0) is 38.0 Å². The molecule has 0 aromatic rings.